The smallest absolute Gasteiger partial charge is 0.263 e. The zero-order valence-corrected chi connectivity index (χ0v) is 21.6. The average Bonchev–Trinajstić information content (AvgIpc) is 2.85. The lowest BCUT2D eigenvalue weighted by Crippen LogP contribution is -2.15. The highest BCUT2D eigenvalue weighted by Gasteiger charge is 2.26. The Morgan fingerprint density at radius 1 is 0.500 bits per heavy atom. The summed E-state index contributed by atoms with van der Waals surface area (Å²) in [5, 5.41) is -0.180. The molecule has 0 aliphatic carbocycles. The van der Waals surface area contributed by atoms with Gasteiger partial charge in [0.05, 0.1) is 19.7 Å². The van der Waals surface area contributed by atoms with E-state index < -0.39 is 34.8 Å². The van der Waals surface area contributed by atoms with Gasteiger partial charge in [-0.15, -0.1) is 0 Å². The highest BCUT2D eigenvalue weighted by Crippen LogP contribution is 2.30. The molecule has 0 aromatic heterocycles. The van der Waals surface area contributed by atoms with Gasteiger partial charge in [0, 0.05) is 11.4 Å². The normalized spacial score (nSPS) is 12.1. The summed E-state index contributed by atoms with van der Waals surface area (Å²) < 4.78 is 82.9. The van der Waals surface area contributed by atoms with Crippen molar-refractivity contribution in [2.45, 2.75) is 19.6 Å². The fourth-order valence-corrected chi connectivity index (χ4v) is 7.41. The maximum Gasteiger partial charge on any atom is 0.263 e. The molecule has 8 nitrogen and oxygen atoms in total. The molecule has 0 aliphatic rings. The first-order valence-corrected chi connectivity index (χ1v) is 15.1. The average molecular weight is 563 g/mol. The van der Waals surface area contributed by atoms with Gasteiger partial charge in [0.25, 0.3) is 20.0 Å². The molecule has 0 aliphatic heterocycles. The minimum absolute atomic E-state index is 0.180. The Bertz CT molecular complexity index is 1730. The van der Waals surface area contributed by atoms with Crippen molar-refractivity contribution < 1.29 is 25.3 Å². The maximum atomic E-state index is 13.3. The second kappa shape index (κ2) is 9.94. The van der Waals surface area contributed by atoms with Gasteiger partial charge in [0.1, 0.15) is 4.90 Å². The fourth-order valence-electron chi connectivity index (χ4n) is 3.24. The zero-order chi connectivity index (χ0) is 26.0. The number of nitrogens with one attached hydrogen (secondary N) is 2. The molecule has 0 radical (unpaired) electrons. The second-order valence-electron chi connectivity index (χ2n) is 7.51. The van der Waals surface area contributed by atoms with Crippen molar-refractivity contribution in [1.29, 1.82) is 0 Å². The van der Waals surface area contributed by atoms with Crippen molar-refractivity contribution in [2.24, 2.45) is 0 Å². The quantitative estimate of drug-likeness (QED) is 0.318. The molecule has 0 unspecified atom stereocenters. The maximum absolute atomic E-state index is 13.3. The molecule has 0 bridgehead atoms. The summed E-state index contributed by atoms with van der Waals surface area (Å²) in [7, 11) is -12.6. The van der Waals surface area contributed by atoms with Crippen LogP contribution in [0, 0.1) is 0 Å². The van der Waals surface area contributed by atoms with E-state index in [1.54, 1.807) is 48.5 Å². The molecule has 0 fully saturated rings. The summed E-state index contributed by atoms with van der Waals surface area (Å²) in [5.74, 6) is 0. The third-order valence-corrected chi connectivity index (χ3v) is 9.97. The SMILES string of the molecule is O=S(=O)(Nc1ccccc1)c1cccc(S(=O)(=O)c2ccc(Cl)c(S(=O)(=O)Nc3ccccc3)c2)c1. The molecule has 0 amide bonds. The molecule has 0 saturated heterocycles. The van der Waals surface area contributed by atoms with Gasteiger partial charge >= 0.3 is 0 Å². The van der Waals surface area contributed by atoms with Crippen LogP contribution in [-0.4, -0.2) is 25.3 Å². The monoisotopic (exact) mass is 562 g/mol. The van der Waals surface area contributed by atoms with Crippen LogP contribution in [0.2, 0.25) is 5.02 Å². The van der Waals surface area contributed by atoms with Crippen LogP contribution in [0.4, 0.5) is 11.4 Å². The van der Waals surface area contributed by atoms with E-state index in [2.05, 4.69) is 9.44 Å². The molecule has 4 rings (SSSR count). The van der Waals surface area contributed by atoms with Gasteiger partial charge < -0.3 is 0 Å². The van der Waals surface area contributed by atoms with E-state index in [-0.39, 0.29) is 25.4 Å². The first-order valence-electron chi connectivity index (χ1n) is 10.3. The van der Waals surface area contributed by atoms with Crippen molar-refractivity contribution >= 4 is 52.9 Å². The molecule has 4 aromatic rings. The molecular formula is C24H19ClN2O6S3. The molecule has 36 heavy (non-hydrogen) atoms. The molecule has 0 atom stereocenters. The lowest BCUT2D eigenvalue weighted by atomic mass is 10.3. The van der Waals surface area contributed by atoms with Crippen LogP contribution in [0.3, 0.4) is 0 Å². The number of para-hydroxylation sites is 2. The number of halogens is 1. The first-order chi connectivity index (χ1) is 17.0. The van der Waals surface area contributed by atoms with Crippen LogP contribution in [0.25, 0.3) is 0 Å². The molecule has 4 aromatic carbocycles. The van der Waals surface area contributed by atoms with Crippen molar-refractivity contribution in [3.63, 3.8) is 0 Å². The van der Waals surface area contributed by atoms with Gasteiger partial charge in [-0.1, -0.05) is 54.1 Å². The first kappa shape index (κ1) is 25.7. The Kier molecular flexibility index (Phi) is 7.10. The summed E-state index contributed by atoms with van der Waals surface area (Å²) in [6, 6.07) is 24.2. The van der Waals surface area contributed by atoms with E-state index in [4.69, 9.17) is 11.6 Å². The largest absolute Gasteiger partial charge is 0.280 e. The van der Waals surface area contributed by atoms with E-state index in [0.717, 1.165) is 24.3 Å². The molecule has 0 spiro atoms. The number of benzene rings is 4. The molecule has 186 valence electrons. The fraction of sp³-hybridized carbons (Fsp3) is 0. The highest BCUT2D eigenvalue weighted by atomic mass is 35.5. The van der Waals surface area contributed by atoms with Crippen LogP contribution in [0.5, 0.6) is 0 Å². The minimum Gasteiger partial charge on any atom is -0.280 e. The van der Waals surface area contributed by atoms with Crippen LogP contribution < -0.4 is 9.44 Å². The zero-order valence-electron chi connectivity index (χ0n) is 18.4. The lowest BCUT2D eigenvalue weighted by Gasteiger charge is -2.12. The standard InChI is InChI=1S/C24H19ClN2O6S3/c25-23-15-14-21(17-24(23)36(32,33)27-19-10-5-2-6-11-19)34(28,29)20-12-7-13-22(16-20)35(30,31)26-18-8-3-1-4-9-18/h1-17,26-27H. The topological polar surface area (TPSA) is 126 Å². The van der Waals surface area contributed by atoms with Crippen molar-refractivity contribution in [2.75, 3.05) is 9.44 Å². The number of hydrogen-bond acceptors (Lipinski definition) is 6. The van der Waals surface area contributed by atoms with E-state index in [1.165, 1.54) is 30.3 Å². The van der Waals surface area contributed by atoms with E-state index >= 15 is 0 Å². The van der Waals surface area contributed by atoms with Crippen molar-refractivity contribution in [3.05, 3.63) is 108 Å². The van der Waals surface area contributed by atoms with Gasteiger partial charge in [-0.05, 0) is 60.7 Å². The third-order valence-electron chi connectivity index (χ3n) is 4.98. The Hall–Kier alpha value is -3.38. The molecule has 12 heteroatoms. The molecule has 0 heterocycles. The van der Waals surface area contributed by atoms with Crippen LogP contribution >= 0.6 is 11.6 Å². The number of sulfone groups is 1. The highest BCUT2D eigenvalue weighted by molar-refractivity contribution is 7.93. The lowest BCUT2D eigenvalue weighted by molar-refractivity contribution is 0.595. The van der Waals surface area contributed by atoms with Crippen molar-refractivity contribution in [3.8, 4) is 0 Å². The summed E-state index contributed by atoms with van der Waals surface area (Å²) in [6.45, 7) is 0. The third kappa shape index (κ3) is 5.54. The van der Waals surface area contributed by atoms with E-state index in [0.29, 0.717) is 5.69 Å². The van der Waals surface area contributed by atoms with Crippen LogP contribution in [0.15, 0.2) is 123 Å². The second-order valence-corrected chi connectivity index (χ2v) is 13.2. The van der Waals surface area contributed by atoms with E-state index in [1.807, 2.05) is 0 Å². The van der Waals surface area contributed by atoms with Gasteiger partial charge in [-0.25, -0.2) is 25.3 Å². The van der Waals surface area contributed by atoms with Gasteiger partial charge in [0.2, 0.25) is 9.84 Å². The minimum atomic E-state index is -4.31. The number of sulfonamides is 2. The van der Waals surface area contributed by atoms with E-state index in [9.17, 15) is 25.3 Å². The summed E-state index contributed by atoms with van der Waals surface area (Å²) >= 11 is 6.10. The van der Waals surface area contributed by atoms with Gasteiger partial charge in [-0.2, -0.15) is 0 Å². The predicted molar refractivity (Wildman–Crippen MR) is 138 cm³/mol. The number of rotatable bonds is 8. The van der Waals surface area contributed by atoms with Crippen molar-refractivity contribution in [1.82, 2.24) is 0 Å². The van der Waals surface area contributed by atoms with Gasteiger partial charge in [-0.3, -0.25) is 9.44 Å². The van der Waals surface area contributed by atoms with Crippen LogP contribution in [0.1, 0.15) is 0 Å². The molecular weight excluding hydrogens is 544 g/mol. The Morgan fingerprint density at radius 3 is 1.58 bits per heavy atom. The molecule has 2 N–H and O–H groups in total. The predicted octanol–water partition coefficient (Wildman–Crippen LogP) is 4.77. The number of hydrogen-bond donors (Lipinski definition) is 2. The number of anilines is 2. The van der Waals surface area contributed by atoms with Crippen LogP contribution in [-0.2, 0) is 29.9 Å². The summed E-state index contributed by atoms with van der Waals surface area (Å²) in [4.78, 5) is -1.42. The Morgan fingerprint density at radius 2 is 1.00 bits per heavy atom. The Labute approximate surface area is 214 Å². The molecule has 0 saturated carbocycles. The summed E-state index contributed by atoms with van der Waals surface area (Å²) in [5.41, 5.74) is 0.579. The van der Waals surface area contributed by atoms with Gasteiger partial charge in [0.15, 0.2) is 0 Å². The summed E-state index contributed by atoms with van der Waals surface area (Å²) in [6.07, 6.45) is 0. The Balaban J connectivity index is 1.70.